The van der Waals surface area contributed by atoms with Crippen LogP contribution in [0.4, 0.5) is 0 Å². The van der Waals surface area contributed by atoms with Gasteiger partial charge in [-0.2, -0.15) is 0 Å². The summed E-state index contributed by atoms with van der Waals surface area (Å²) in [7, 11) is 0. The van der Waals surface area contributed by atoms with Crippen molar-refractivity contribution in [2.45, 2.75) is 38.3 Å². The highest BCUT2D eigenvalue weighted by molar-refractivity contribution is 5.89. The van der Waals surface area contributed by atoms with Gasteiger partial charge in [0.05, 0.1) is 18.8 Å². The zero-order valence-corrected chi connectivity index (χ0v) is 16.9. The van der Waals surface area contributed by atoms with Gasteiger partial charge in [-0.05, 0) is 18.6 Å². The van der Waals surface area contributed by atoms with Crippen LogP contribution in [-0.2, 0) is 28.5 Å². The molecule has 6 atom stereocenters. The molecule has 1 aliphatic carbocycles. The minimum Gasteiger partial charge on any atom is -0.466 e. The maximum absolute atomic E-state index is 12.5. The minimum absolute atomic E-state index is 0.00189. The Bertz CT molecular complexity index is 780. The van der Waals surface area contributed by atoms with E-state index in [1.54, 1.807) is 30.3 Å². The molecule has 1 heterocycles. The molecule has 2 aliphatic rings. The predicted molar refractivity (Wildman–Crippen MR) is 101 cm³/mol. The number of aliphatic hydroxyl groups excluding tert-OH is 2. The Morgan fingerprint density at radius 3 is 2.30 bits per heavy atom. The average Bonchev–Trinajstić information content (AvgIpc) is 3.15. The fraction of sp³-hybridized carbons (Fsp3) is 0.571. The highest BCUT2D eigenvalue weighted by atomic mass is 16.7. The molecule has 0 amide bonds. The largest absolute Gasteiger partial charge is 0.466 e. The first-order valence-electron chi connectivity index (χ1n) is 9.77. The molecule has 1 aliphatic heterocycles. The van der Waals surface area contributed by atoms with Gasteiger partial charge in [-0.3, -0.25) is 9.59 Å². The number of carbonyl (C=O) groups excluding carboxylic acids is 3. The second kappa shape index (κ2) is 9.11. The van der Waals surface area contributed by atoms with Gasteiger partial charge in [0.25, 0.3) is 0 Å². The smallest absolute Gasteiger partial charge is 0.338 e. The van der Waals surface area contributed by atoms with Gasteiger partial charge in [-0.1, -0.05) is 18.2 Å². The van der Waals surface area contributed by atoms with Gasteiger partial charge in [0.2, 0.25) is 0 Å². The molecule has 2 N–H and O–H groups in total. The van der Waals surface area contributed by atoms with Crippen LogP contribution in [0.2, 0.25) is 0 Å². The van der Waals surface area contributed by atoms with Crippen molar-refractivity contribution in [2.75, 3.05) is 19.8 Å². The number of aliphatic hydroxyl groups is 2. The van der Waals surface area contributed by atoms with Crippen LogP contribution in [0.25, 0.3) is 0 Å². The molecule has 1 saturated carbocycles. The van der Waals surface area contributed by atoms with Crippen LogP contribution in [-0.4, -0.2) is 65.9 Å². The molecular weight excluding hydrogens is 396 g/mol. The molecule has 9 heteroatoms. The Kier molecular flexibility index (Phi) is 6.74. The van der Waals surface area contributed by atoms with E-state index in [-0.39, 0.29) is 25.7 Å². The van der Waals surface area contributed by atoms with Crippen molar-refractivity contribution < 1.29 is 43.5 Å². The lowest BCUT2D eigenvalue weighted by atomic mass is 9.81. The summed E-state index contributed by atoms with van der Waals surface area (Å²) in [6, 6.07) is 8.37. The molecule has 0 spiro atoms. The predicted octanol–water partition coefficient (Wildman–Crippen LogP) is 0.670. The van der Waals surface area contributed by atoms with Crippen LogP contribution >= 0.6 is 0 Å². The van der Waals surface area contributed by atoms with Gasteiger partial charge in [-0.15, -0.1) is 0 Å². The van der Waals surface area contributed by atoms with Gasteiger partial charge in [0.15, 0.2) is 6.29 Å². The van der Waals surface area contributed by atoms with Crippen LogP contribution in [0, 0.1) is 17.8 Å². The van der Waals surface area contributed by atoms with Gasteiger partial charge in [0, 0.05) is 31.6 Å². The van der Waals surface area contributed by atoms with Crippen molar-refractivity contribution in [3.63, 3.8) is 0 Å². The first-order chi connectivity index (χ1) is 14.2. The zero-order valence-electron chi connectivity index (χ0n) is 16.9. The summed E-state index contributed by atoms with van der Waals surface area (Å²) >= 11 is 0. The van der Waals surface area contributed by atoms with Crippen molar-refractivity contribution in [3.05, 3.63) is 35.9 Å². The zero-order chi connectivity index (χ0) is 21.9. The summed E-state index contributed by atoms with van der Waals surface area (Å²) in [6.07, 6.45) is -2.40. The Hall–Kier alpha value is -2.49. The molecule has 0 radical (unpaired) electrons. The van der Waals surface area contributed by atoms with E-state index < -0.39 is 47.7 Å². The van der Waals surface area contributed by atoms with Crippen molar-refractivity contribution in [1.29, 1.82) is 0 Å². The van der Waals surface area contributed by atoms with Crippen LogP contribution in [0.3, 0.4) is 0 Å². The Morgan fingerprint density at radius 2 is 1.67 bits per heavy atom. The first kappa shape index (κ1) is 22.2. The SMILES string of the molecule is CC(=O)OC[C@H]1C[C@@H](COC(C)=O)[C@@]2(COC(=O)c3ccccc3)O[C@H](O)[C@H](O)[C@@H]12. The average molecular weight is 422 g/mol. The van der Waals surface area contributed by atoms with E-state index in [0.29, 0.717) is 12.0 Å². The van der Waals surface area contributed by atoms with Crippen molar-refractivity contribution in [2.24, 2.45) is 17.8 Å². The number of rotatable bonds is 7. The van der Waals surface area contributed by atoms with E-state index in [9.17, 15) is 24.6 Å². The molecular formula is C21H26O9. The van der Waals surface area contributed by atoms with Gasteiger partial charge < -0.3 is 29.2 Å². The highest BCUT2D eigenvalue weighted by Gasteiger charge is 2.66. The molecule has 9 nitrogen and oxygen atoms in total. The summed E-state index contributed by atoms with van der Waals surface area (Å²) in [6.45, 7) is 2.23. The standard InChI is InChI=1S/C21H26O9/c1-12(22)27-9-15-8-16(10-28-13(2)23)21(17(15)18(24)20(26)30-21)11-29-19(25)14-6-4-3-5-7-14/h3-7,15-18,20,24,26H,8-11H2,1-2H3/t15-,16+,17-,18-,20+,21-/m1/s1. The highest BCUT2D eigenvalue weighted by Crippen LogP contribution is 2.54. The van der Waals surface area contributed by atoms with E-state index in [1.165, 1.54) is 13.8 Å². The number of carbonyl (C=O) groups is 3. The molecule has 1 aromatic rings. The van der Waals surface area contributed by atoms with E-state index in [2.05, 4.69) is 0 Å². The molecule has 2 fully saturated rings. The summed E-state index contributed by atoms with van der Waals surface area (Å²) in [5.74, 6) is -3.10. The lowest BCUT2D eigenvalue weighted by Gasteiger charge is -2.34. The second-order valence-electron chi connectivity index (χ2n) is 7.72. The van der Waals surface area contributed by atoms with Gasteiger partial charge in [0.1, 0.15) is 18.3 Å². The van der Waals surface area contributed by atoms with Crippen molar-refractivity contribution in [3.8, 4) is 0 Å². The topological polar surface area (TPSA) is 129 Å². The van der Waals surface area contributed by atoms with Gasteiger partial charge in [-0.25, -0.2) is 4.79 Å². The molecule has 3 rings (SSSR count). The quantitative estimate of drug-likeness (QED) is 0.481. The van der Waals surface area contributed by atoms with Gasteiger partial charge >= 0.3 is 17.9 Å². The fourth-order valence-electron chi connectivity index (χ4n) is 4.50. The molecule has 30 heavy (non-hydrogen) atoms. The minimum atomic E-state index is -1.51. The number of hydrogen-bond acceptors (Lipinski definition) is 9. The van der Waals surface area contributed by atoms with E-state index >= 15 is 0 Å². The Balaban J connectivity index is 1.84. The van der Waals surface area contributed by atoms with Crippen LogP contribution < -0.4 is 0 Å². The maximum atomic E-state index is 12.5. The second-order valence-corrected chi connectivity index (χ2v) is 7.72. The lowest BCUT2D eigenvalue weighted by molar-refractivity contribution is -0.192. The van der Waals surface area contributed by atoms with Crippen molar-refractivity contribution >= 4 is 17.9 Å². The third-order valence-corrected chi connectivity index (χ3v) is 5.78. The third-order valence-electron chi connectivity index (χ3n) is 5.78. The first-order valence-corrected chi connectivity index (χ1v) is 9.77. The van der Waals surface area contributed by atoms with E-state index in [0.717, 1.165) is 0 Å². The van der Waals surface area contributed by atoms with Crippen LogP contribution in [0.1, 0.15) is 30.6 Å². The number of benzene rings is 1. The monoisotopic (exact) mass is 422 g/mol. The number of fused-ring (bicyclic) bond motifs is 1. The molecule has 164 valence electrons. The summed E-state index contributed by atoms with van der Waals surface area (Å²) < 4.78 is 21.5. The Morgan fingerprint density at radius 1 is 1.03 bits per heavy atom. The fourth-order valence-corrected chi connectivity index (χ4v) is 4.50. The third kappa shape index (κ3) is 4.48. The number of esters is 3. The number of ether oxygens (including phenoxy) is 4. The summed E-state index contributed by atoms with van der Waals surface area (Å²) in [5, 5.41) is 20.8. The van der Waals surface area contributed by atoms with Crippen molar-refractivity contribution in [1.82, 2.24) is 0 Å². The molecule has 0 unspecified atom stereocenters. The molecule has 1 saturated heterocycles. The maximum Gasteiger partial charge on any atom is 0.338 e. The lowest BCUT2D eigenvalue weighted by Crippen LogP contribution is -2.47. The molecule has 0 bridgehead atoms. The van der Waals surface area contributed by atoms with Crippen LogP contribution in [0.15, 0.2) is 30.3 Å². The van der Waals surface area contributed by atoms with E-state index in [1.807, 2.05) is 0 Å². The van der Waals surface area contributed by atoms with E-state index in [4.69, 9.17) is 18.9 Å². The summed E-state index contributed by atoms with van der Waals surface area (Å²) in [5.41, 5.74) is -0.945. The Labute approximate surface area is 173 Å². The molecule has 0 aromatic heterocycles. The normalized spacial score (nSPS) is 32.3. The molecule has 1 aromatic carbocycles. The number of hydrogen-bond donors (Lipinski definition) is 2. The van der Waals surface area contributed by atoms with Crippen LogP contribution in [0.5, 0.6) is 0 Å². The summed E-state index contributed by atoms with van der Waals surface area (Å²) in [4.78, 5) is 35.1.